The maximum Gasteiger partial charge on any atom is 0.341 e. The average molecular weight is 250 g/mol. The van der Waals surface area contributed by atoms with Crippen LogP contribution >= 0.6 is 0 Å². The Balaban J connectivity index is 2.70. The van der Waals surface area contributed by atoms with Gasteiger partial charge in [-0.25, -0.2) is 4.79 Å². The van der Waals surface area contributed by atoms with Gasteiger partial charge in [0.15, 0.2) is 6.61 Å². The number of aliphatic carboxylic acids is 1. The van der Waals surface area contributed by atoms with Crippen LogP contribution in [0.4, 0.5) is 0 Å². The van der Waals surface area contributed by atoms with Crippen LogP contribution in [0.15, 0.2) is 24.3 Å². The zero-order chi connectivity index (χ0) is 13.8. The van der Waals surface area contributed by atoms with Crippen LogP contribution in [0.5, 0.6) is 5.75 Å². The standard InChI is InChI=1S/C14H18O4/c1-14(2,3)12(15)8-10-5-4-6-11(7-10)18-9-13(16)17/h4-7H,8-9H2,1-3H3,(H,16,17). The van der Waals surface area contributed by atoms with Crippen molar-refractivity contribution >= 4 is 11.8 Å². The summed E-state index contributed by atoms with van der Waals surface area (Å²) in [7, 11) is 0. The molecule has 0 unspecified atom stereocenters. The lowest BCUT2D eigenvalue weighted by Gasteiger charge is -2.16. The Bertz CT molecular complexity index is 443. The van der Waals surface area contributed by atoms with E-state index in [0.29, 0.717) is 12.2 Å². The molecule has 0 atom stereocenters. The molecule has 0 amide bonds. The Labute approximate surface area is 107 Å². The first-order valence-corrected chi connectivity index (χ1v) is 5.76. The van der Waals surface area contributed by atoms with Crippen LogP contribution in [0.3, 0.4) is 0 Å². The van der Waals surface area contributed by atoms with Gasteiger partial charge in [-0.1, -0.05) is 32.9 Å². The molecule has 0 saturated heterocycles. The fourth-order valence-corrected chi connectivity index (χ4v) is 1.34. The Hall–Kier alpha value is -1.84. The van der Waals surface area contributed by atoms with Gasteiger partial charge in [0.05, 0.1) is 0 Å². The SMILES string of the molecule is CC(C)(C)C(=O)Cc1cccc(OCC(=O)O)c1. The zero-order valence-corrected chi connectivity index (χ0v) is 10.9. The summed E-state index contributed by atoms with van der Waals surface area (Å²) >= 11 is 0. The third-order valence-electron chi connectivity index (χ3n) is 2.46. The highest BCUT2D eigenvalue weighted by Crippen LogP contribution is 2.20. The Kier molecular flexibility index (Phi) is 4.48. The van der Waals surface area contributed by atoms with Gasteiger partial charge in [0, 0.05) is 11.8 Å². The summed E-state index contributed by atoms with van der Waals surface area (Å²) in [5, 5.41) is 8.52. The summed E-state index contributed by atoms with van der Waals surface area (Å²) in [6, 6.07) is 6.96. The van der Waals surface area contributed by atoms with E-state index in [4.69, 9.17) is 9.84 Å². The summed E-state index contributed by atoms with van der Waals surface area (Å²) in [6.07, 6.45) is 0.327. The molecule has 0 spiro atoms. The summed E-state index contributed by atoms with van der Waals surface area (Å²) in [6.45, 7) is 5.25. The number of carboxylic acids is 1. The van der Waals surface area contributed by atoms with Gasteiger partial charge >= 0.3 is 5.97 Å². The smallest absolute Gasteiger partial charge is 0.341 e. The van der Waals surface area contributed by atoms with E-state index >= 15 is 0 Å². The molecule has 0 bridgehead atoms. The average Bonchev–Trinajstić information content (AvgIpc) is 2.25. The number of benzene rings is 1. The van der Waals surface area contributed by atoms with Crippen LogP contribution in [-0.2, 0) is 16.0 Å². The van der Waals surface area contributed by atoms with Gasteiger partial charge in [-0.05, 0) is 17.7 Å². The highest BCUT2D eigenvalue weighted by Gasteiger charge is 2.21. The zero-order valence-electron chi connectivity index (χ0n) is 10.9. The van der Waals surface area contributed by atoms with Gasteiger partial charge in [0.25, 0.3) is 0 Å². The van der Waals surface area contributed by atoms with Crippen molar-refractivity contribution in [1.29, 1.82) is 0 Å². The van der Waals surface area contributed by atoms with Crippen LogP contribution in [0.1, 0.15) is 26.3 Å². The maximum absolute atomic E-state index is 11.9. The van der Waals surface area contributed by atoms with Crippen molar-refractivity contribution in [3.8, 4) is 5.75 Å². The monoisotopic (exact) mass is 250 g/mol. The molecule has 1 rings (SSSR count). The van der Waals surface area contributed by atoms with Crippen LogP contribution in [-0.4, -0.2) is 23.5 Å². The quantitative estimate of drug-likeness (QED) is 0.871. The number of Topliss-reactive ketones (excluding diaryl/α,β-unsaturated/α-hetero) is 1. The Morgan fingerprint density at radius 1 is 1.28 bits per heavy atom. The van der Waals surface area contributed by atoms with Gasteiger partial charge < -0.3 is 9.84 Å². The van der Waals surface area contributed by atoms with Crippen LogP contribution in [0.25, 0.3) is 0 Å². The van der Waals surface area contributed by atoms with Crippen LogP contribution < -0.4 is 4.74 Å². The normalized spacial score (nSPS) is 11.1. The molecule has 0 aliphatic heterocycles. The highest BCUT2D eigenvalue weighted by molar-refractivity contribution is 5.85. The first-order chi connectivity index (χ1) is 8.29. The minimum Gasteiger partial charge on any atom is -0.482 e. The summed E-state index contributed by atoms with van der Waals surface area (Å²) < 4.78 is 5.06. The number of carbonyl (C=O) groups is 2. The number of carbonyl (C=O) groups excluding carboxylic acids is 1. The molecule has 0 saturated carbocycles. The molecule has 4 nitrogen and oxygen atoms in total. The number of ketones is 1. The van der Waals surface area contributed by atoms with E-state index in [1.165, 1.54) is 0 Å². The Morgan fingerprint density at radius 3 is 2.50 bits per heavy atom. The fraction of sp³-hybridized carbons (Fsp3) is 0.429. The van der Waals surface area contributed by atoms with Gasteiger partial charge in [-0.2, -0.15) is 0 Å². The number of hydrogen-bond acceptors (Lipinski definition) is 3. The molecule has 1 N–H and O–H groups in total. The molecule has 98 valence electrons. The molecular weight excluding hydrogens is 232 g/mol. The lowest BCUT2D eigenvalue weighted by molar-refractivity contribution is -0.139. The molecule has 0 heterocycles. The van der Waals surface area contributed by atoms with Gasteiger partial charge in [-0.15, -0.1) is 0 Å². The third-order valence-corrected chi connectivity index (χ3v) is 2.46. The van der Waals surface area contributed by atoms with Gasteiger partial charge in [0.1, 0.15) is 11.5 Å². The van der Waals surface area contributed by atoms with Crippen molar-refractivity contribution in [2.24, 2.45) is 5.41 Å². The van der Waals surface area contributed by atoms with Crippen molar-refractivity contribution in [2.45, 2.75) is 27.2 Å². The molecule has 1 aromatic rings. The maximum atomic E-state index is 11.9. The molecule has 0 radical (unpaired) electrons. The van der Waals surface area contributed by atoms with E-state index in [1.54, 1.807) is 18.2 Å². The predicted octanol–water partition coefficient (Wildman–Crippen LogP) is 2.31. The second-order valence-corrected chi connectivity index (χ2v) is 5.18. The minimum atomic E-state index is -1.02. The van der Waals surface area contributed by atoms with Crippen LogP contribution in [0, 0.1) is 5.41 Å². The van der Waals surface area contributed by atoms with Crippen molar-refractivity contribution < 1.29 is 19.4 Å². The minimum absolute atomic E-state index is 0.137. The molecule has 0 aliphatic carbocycles. The molecule has 0 aliphatic rings. The van der Waals surface area contributed by atoms with Crippen molar-refractivity contribution in [3.63, 3.8) is 0 Å². The van der Waals surface area contributed by atoms with Crippen LogP contribution in [0.2, 0.25) is 0 Å². The largest absolute Gasteiger partial charge is 0.482 e. The molecule has 18 heavy (non-hydrogen) atoms. The first kappa shape index (κ1) is 14.2. The van der Waals surface area contributed by atoms with E-state index < -0.39 is 5.97 Å². The molecule has 1 aromatic carbocycles. The Morgan fingerprint density at radius 2 is 1.94 bits per heavy atom. The van der Waals surface area contributed by atoms with Crippen molar-refractivity contribution in [3.05, 3.63) is 29.8 Å². The number of ether oxygens (including phenoxy) is 1. The van der Waals surface area contributed by atoms with E-state index in [9.17, 15) is 9.59 Å². The topological polar surface area (TPSA) is 63.6 Å². The lowest BCUT2D eigenvalue weighted by Crippen LogP contribution is -2.22. The van der Waals surface area contributed by atoms with E-state index in [0.717, 1.165) is 5.56 Å². The number of rotatable bonds is 5. The number of carboxylic acid groups (broad SMARTS) is 1. The number of hydrogen-bond donors (Lipinski definition) is 1. The van der Waals surface area contributed by atoms with Crippen molar-refractivity contribution in [2.75, 3.05) is 6.61 Å². The molecule has 0 aromatic heterocycles. The molecular formula is C14H18O4. The second kappa shape index (κ2) is 5.67. The highest BCUT2D eigenvalue weighted by atomic mass is 16.5. The van der Waals surface area contributed by atoms with E-state index in [1.807, 2.05) is 26.8 Å². The molecule has 4 heteroatoms. The predicted molar refractivity (Wildman–Crippen MR) is 67.7 cm³/mol. The third kappa shape index (κ3) is 4.57. The van der Waals surface area contributed by atoms with E-state index in [2.05, 4.69) is 0 Å². The second-order valence-electron chi connectivity index (χ2n) is 5.18. The molecule has 0 fully saturated rings. The first-order valence-electron chi connectivity index (χ1n) is 5.76. The summed E-state index contributed by atoms with van der Waals surface area (Å²) in [4.78, 5) is 22.3. The summed E-state index contributed by atoms with van der Waals surface area (Å²) in [5.41, 5.74) is 0.454. The summed E-state index contributed by atoms with van der Waals surface area (Å²) in [5.74, 6) is -0.416. The van der Waals surface area contributed by atoms with E-state index in [-0.39, 0.29) is 17.8 Å². The van der Waals surface area contributed by atoms with Gasteiger partial charge in [-0.3, -0.25) is 4.79 Å². The van der Waals surface area contributed by atoms with Crippen molar-refractivity contribution in [1.82, 2.24) is 0 Å². The fourth-order valence-electron chi connectivity index (χ4n) is 1.34. The van der Waals surface area contributed by atoms with Gasteiger partial charge in [0.2, 0.25) is 0 Å². The lowest BCUT2D eigenvalue weighted by atomic mass is 9.87.